The topological polar surface area (TPSA) is 141 Å². The lowest BCUT2D eigenvalue weighted by atomic mass is 10.1. The van der Waals surface area contributed by atoms with Gasteiger partial charge in [-0.1, -0.05) is 42.5 Å². The lowest BCUT2D eigenvalue weighted by molar-refractivity contribution is -0.386. The normalized spacial score (nSPS) is 11.3. The number of hydrogen-bond donors (Lipinski definition) is 3. The summed E-state index contributed by atoms with van der Waals surface area (Å²) in [6, 6.07) is 13.7. The van der Waals surface area contributed by atoms with Crippen LogP contribution in [0.25, 0.3) is 12.2 Å². The first kappa shape index (κ1) is 18.5. The number of nitrogens with one attached hydrogen (secondary N) is 2. The number of phenolic OH excluding ortho intramolecular Hbond substituents is 1. The van der Waals surface area contributed by atoms with Gasteiger partial charge in [-0.25, -0.2) is 4.79 Å². The Balaban J connectivity index is 1.82. The van der Waals surface area contributed by atoms with Crippen LogP contribution in [0.2, 0.25) is 0 Å². The van der Waals surface area contributed by atoms with Gasteiger partial charge >= 0.3 is 16.9 Å². The molecule has 3 rings (SSSR count). The van der Waals surface area contributed by atoms with Crippen molar-refractivity contribution in [2.45, 2.75) is 0 Å². The number of benzene rings is 2. The summed E-state index contributed by atoms with van der Waals surface area (Å²) in [5, 5.41) is 20.7. The molecule has 3 N–H and O–H groups in total. The van der Waals surface area contributed by atoms with Crippen molar-refractivity contribution in [1.82, 2.24) is 9.97 Å². The maximum atomic E-state index is 11.6. The van der Waals surface area contributed by atoms with Crippen molar-refractivity contribution in [2.24, 2.45) is 4.99 Å². The molecule has 3 aromatic rings. The summed E-state index contributed by atoms with van der Waals surface area (Å²) in [5.74, 6) is 0.0757. The molecule has 0 aliphatic rings. The second kappa shape index (κ2) is 7.96. The van der Waals surface area contributed by atoms with Gasteiger partial charge in [0.25, 0.3) is 0 Å². The van der Waals surface area contributed by atoms with Gasteiger partial charge in [-0.3, -0.25) is 24.9 Å². The van der Waals surface area contributed by atoms with E-state index in [1.807, 2.05) is 4.98 Å². The molecule has 0 unspecified atom stereocenters. The van der Waals surface area contributed by atoms with Crippen LogP contribution in [-0.2, 0) is 0 Å². The van der Waals surface area contributed by atoms with Crippen molar-refractivity contribution in [3.8, 4) is 5.75 Å². The molecule has 2 aromatic carbocycles. The highest BCUT2D eigenvalue weighted by Gasteiger charge is 2.18. The van der Waals surface area contributed by atoms with Crippen LogP contribution < -0.4 is 11.2 Å². The number of aromatic hydroxyl groups is 1. The molecule has 0 saturated carbocycles. The molecule has 0 spiro atoms. The average Bonchev–Trinajstić information content (AvgIpc) is 2.65. The Morgan fingerprint density at radius 1 is 0.964 bits per heavy atom. The molecule has 0 aliphatic carbocycles. The molecule has 9 nitrogen and oxygen atoms in total. The average molecular weight is 378 g/mol. The van der Waals surface area contributed by atoms with Crippen LogP contribution in [0.15, 0.2) is 63.1 Å². The summed E-state index contributed by atoms with van der Waals surface area (Å²) in [6.45, 7) is 0. The molecule has 0 fully saturated rings. The van der Waals surface area contributed by atoms with Crippen molar-refractivity contribution < 1.29 is 10.0 Å². The maximum absolute atomic E-state index is 11.6. The standard InChI is InChI=1S/C19H14N4O5/c24-16-4-2-1-3-14(16)20-11-13-7-5-12(6-8-13)9-10-15-17(23(27)28)18(25)22-19(26)21-15/h1-11,24H,(H2,21,22,25,26)/b10-9-,20-11?. The summed E-state index contributed by atoms with van der Waals surface area (Å²) in [4.78, 5) is 41.4. The van der Waals surface area contributed by atoms with E-state index >= 15 is 0 Å². The molecule has 0 aliphatic heterocycles. The molecule has 0 radical (unpaired) electrons. The molecule has 9 heteroatoms. The molecule has 0 bridgehead atoms. The van der Waals surface area contributed by atoms with Gasteiger partial charge in [-0.2, -0.15) is 0 Å². The lowest BCUT2D eigenvalue weighted by Crippen LogP contribution is -2.25. The molecule has 0 atom stereocenters. The molecule has 140 valence electrons. The smallest absolute Gasteiger partial charge is 0.357 e. The van der Waals surface area contributed by atoms with Gasteiger partial charge in [0, 0.05) is 6.21 Å². The fraction of sp³-hybridized carbons (Fsp3) is 0. The summed E-state index contributed by atoms with van der Waals surface area (Å²) < 4.78 is 0. The summed E-state index contributed by atoms with van der Waals surface area (Å²) in [7, 11) is 0. The molecule has 1 aromatic heterocycles. The van der Waals surface area contributed by atoms with Gasteiger partial charge in [-0.05, 0) is 29.3 Å². The number of nitrogens with zero attached hydrogens (tertiary/aromatic N) is 2. The molecule has 0 amide bonds. The molecule has 28 heavy (non-hydrogen) atoms. The second-order valence-electron chi connectivity index (χ2n) is 5.67. The van der Waals surface area contributed by atoms with Crippen LogP contribution in [0.3, 0.4) is 0 Å². The van der Waals surface area contributed by atoms with Crippen molar-refractivity contribution in [2.75, 3.05) is 0 Å². The SMILES string of the molecule is O=c1[nH]c(/C=C\c2ccc(C=Nc3ccccc3O)cc2)c([N+](=O)[O-])c(=O)[nH]1. The van der Waals surface area contributed by atoms with Gasteiger partial charge in [0.05, 0.1) is 4.92 Å². The monoisotopic (exact) mass is 378 g/mol. The van der Waals surface area contributed by atoms with Gasteiger partial charge in [0.2, 0.25) is 0 Å². The quantitative estimate of drug-likeness (QED) is 0.355. The Bertz CT molecular complexity index is 1190. The van der Waals surface area contributed by atoms with Crippen LogP contribution in [0.4, 0.5) is 11.4 Å². The molecular formula is C19H14N4O5. The van der Waals surface area contributed by atoms with E-state index in [-0.39, 0.29) is 11.4 Å². The van der Waals surface area contributed by atoms with E-state index in [1.54, 1.807) is 54.7 Å². The Labute approximate surface area is 157 Å². The van der Waals surface area contributed by atoms with Crippen LogP contribution in [-0.4, -0.2) is 26.2 Å². The van der Waals surface area contributed by atoms with E-state index in [0.717, 1.165) is 5.56 Å². The number of H-pyrrole nitrogens is 2. The Kier molecular flexibility index (Phi) is 5.26. The minimum atomic E-state index is -1.07. The Morgan fingerprint density at radius 3 is 2.32 bits per heavy atom. The van der Waals surface area contributed by atoms with E-state index in [0.29, 0.717) is 11.3 Å². The molecule has 0 saturated heterocycles. The van der Waals surface area contributed by atoms with E-state index in [2.05, 4.69) is 9.98 Å². The number of rotatable bonds is 5. The van der Waals surface area contributed by atoms with Crippen LogP contribution in [0, 0.1) is 10.1 Å². The number of aliphatic imine (C=N–C) groups is 1. The van der Waals surface area contributed by atoms with Crippen LogP contribution in [0.1, 0.15) is 16.8 Å². The van der Waals surface area contributed by atoms with Gasteiger partial charge < -0.3 is 10.1 Å². The fourth-order valence-corrected chi connectivity index (χ4v) is 2.39. The number of para-hydroxylation sites is 2. The first-order valence-electron chi connectivity index (χ1n) is 8.05. The minimum Gasteiger partial charge on any atom is -0.506 e. The van der Waals surface area contributed by atoms with Crippen molar-refractivity contribution in [3.63, 3.8) is 0 Å². The third-order valence-electron chi connectivity index (χ3n) is 3.74. The van der Waals surface area contributed by atoms with E-state index < -0.39 is 21.9 Å². The first-order valence-corrected chi connectivity index (χ1v) is 8.05. The van der Waals surface area contributed by atoms with Gasteiger partial charge in [-0.15, -0.1) is 0 Å². The van der Waals surface area contributed by atoms with E-state index in [9.17, 15) is 24.8 Å². The van der Waals surface area contributed by atoms with Gasteiger partial charge in [0.1, 0.15) is 17.1 Å². The first-order chi connectivity index (χ1) is 13.4. The predicted molar refractivity (Wildman–Crippen MR) is 105 cm³/mol. The zero-order valence-corrected chi connectivity index (χ0v) is 14.3. The van der Waals surface area contributed by atoms with Crippen LogP contribution >= 0.6 is 0 Å². The summed E-state index contributed by atoms with van der Waals surface area (Å²) >= 11 is 0. The van der Waals surface area contributed by atoms with E-state index in [1.165, 1.54) is 12.2 Å². The van der Waals surface area contributed by atoms with Gasteiger partial charge in [0.15, 0.2) is 0 Å². The molecule has 1 heterocycles. The van der Waals surface area contributed by atoms with E-state index in [4.69, 9.17) is 0 Å². The molecular weight excluding hydrogens is 364 g/mol. The zero-order valence-electron chi connectivity index (χ0n) is 14.3. The predicted octanol–water partition coefficient (Wildman–Crippen LogP) is 2.60. The third kappa shape index (κ3) is 4.28. The number of phenols is 1. The number of aromatic amines is 2. The summed E-state index contributed by atoms with van der Waals surface area (Å²) in [5.41, 5.74) is -0.913. The largest absolute Gasteiger partial charge is 0.506 e. The highest BCUT2D eigenvalue weighted by molar-refractivity contribution is 5.83. The zero-order chi connectivity index (χ0) is 20.1. The third-order valence-corrected chi connectivity index (χ3v) is 3.74. The number of aromatic nitrogens is 2. The van der Waals surface area contributed by atoms with Crippen molar-refractivity contribution >= 4 is 29.7 Å². The number of hydrogen-bond acceptors (Lipinski definition) is 6. The summed E-state index contributed by atoms with van der Waals surface area (Å²) in [6.07, 6.45) is 4.41. The number of nitro groups is 1. The Hall–Kier alpha value is -4.27. The fourth-order valence-electron chi connectivity index (χ4n) is 2.39. The Morgan fingerprint density at radius 2 is 1.64 bits per heavy atom. The highest BCUT2D eigenvalue weighted by atomic mass is 16.6. The lowest BCUT2D eigenvalue weighted by Gasteiger charge is -1.99. The van der Waals surface area contributed by atoms with Crippen molar-refractivity contribution in [3.05, 3.63) is 96.3 Å². The highest BCUT2D eigenvalue weighted by Crippen LogP contribution is 2.24. The second-order valence-corrected chi connectivity index (χ2v) is 5.67. The van der Waals surface area contributed by atoms with Crippen LogP contribution in [0.5, 0.6) is 5.75 Å². The maximum Gasteiger partial charge on any atom is 0.357 e. The van der Waals surface area contributed by atoms with Crippen molar-refractivity contribution in [1.29, 1.82) is 0 Å². The minimum absolute atomic E-state index is 0.0757.